The highest BCUT2D eigenvalue weighted by Gasteiger charge is 2.09. The Kier molecular flexibility index (Phi) is 5.16. The van der Waals surface area contributed by atoms with Crippen molar-refractivity contribution < 1.29 is 9.84 Å². The standard InChI is InChI=1S/C17H21NO2/c1-13(18-2)15-9-6-10-16(11-15)20-12-17(19)14-7-4-3-5-8-14/h3-11,13,17-19H,12H2,1-2H3. The molecule has 0 spiro atoms. The van der Waals surface area contributed by atoms with Gasteiger partial charge in [-0.25, -0.2) is 0 Å². The van der Waals surface area contributed by atoms with E-state index in [0.717, 1.165) is 11.3 Å². The van der Waals surface area contributed by atoms with Gasteiger partial charge in [-0.1, -0.05) is 42.5 Å². The van der Waals surface area contributed by atoms with E-state index in [9.17, 15) is 5.11 Å². The van der Waals surface area contributed by atoms with Gasteiger partial charge < -0.3 is 15.2 Å². The normalized spacial score (nSPS) is 13.8. The number of rotatable bonds is 6. The number of hydrogen-bond donors (Lipinski definition) is 2. The number of ether oxygens (including phenoxy) is 1. The second-order valence-corrected chi connectivity index (χ2v) is 4.82. The molecule has 106 valence electrons. The van der Waals surface area contributed by atoms with Crippen molar-refractivity contribution in [3.8, 4) is 5.75 Å². The predicted molar refractivity (Wildman–Crippen MR) is 80.8 cm³/mol. The minimum absolute atomic E-state index is 0.251. The number of aliphatic hydroxyl groups is 1. The quantitative estimate of drug-likeness (QED) is 0.848. The van der Waals surface area contributed by atoms with E-state index in [0.29, 0.717) is 0 Å². The first kappa shape index (κ1) is 14.6. The van der Waals surface area contributed by atoms with E-state index in [1.54, 1.807) is 0 Å². The van der Waals surface area contributed by atoms with Crippen molar-refractivity contribution in [2.24, 2.45) is 0 Å². The Morgan fingerprint density at radius 2 is 1.75 bits per heavy atom. The van der Waals surface area contributed by atoms with Gasteiger partial charge in [0.1, 0.15) is 18.5 Å². The lowest BCUT2D eigenvalue weighted by atomic mass is 10.1. The number of hydrogen-bond acceptors (Lipinski definition) is 3. The first-order valence-corrected chi connectivity index (χ1v) is 6.83. The second-order valence-electron chi connectivity index (χ2n) is 4.82. The van der Waals surface area contributed by atoms with Gasteiger partial charge in [0.05, 0.1) is 0 Å². The van der Waals surface area contributed by atoms with E-state index in [1.807, 2.05) is 55.6 Å². The smallest absolute Gasteiger partial charge is 0.119 e. The Morgan fingerprint density at radius 1 is 1.05 bits per heavy atom. The van der Waals surface area contributed by atoms with E-state index in [4.69, 9.17) is 4.74 Å². The highest BCUT2D eigenvalue weighted by Crippen LogP contribution is 2.20. The Morgan fingerprint density at radius 3 is 2.45 bits per heavy atom. The van der Waals surface area contributed by atoms with Gasteiger partial charge in [0.2, 0.25) is 0 Å². The third kappa shape index (κ3) is 3.83. The first-order chi connectivity index (χ1) is 9.70. The van der Waals surface area contributed by atoms with Crippen LogP contribution in [0.4, 0.5) is 0 Å². The molecule has 0 aliphatic rings. The molecule has 20 heavy (non-hydrogen) atoms. The molecule has 0 radical (unpaired) electrons. The van der Waals surface area contributed by atoms with Crippen LogP contribution in [0.5, 0.6) is 5.75 Å². The van der Waals surface area contributed by atoms with Crippen LogP contribution in [0.15, 0.2) is 54.6 Å². The minimum atomic E-state index is -0.610. The van der Waals surface area contributed by atoms with Crippen molar-refractivity contribution in [1.82, 2.24) is 5.32 Å². The van der Waals surface area contributed by atoms with Crippen LogP contribution >= 0.6 is 0 Å². The van der Waals surface area contributed by atoms with Gasteiger partial charge in [-0.3, -0.25) is 0 Å². The van der Waals surface area contributed by atoms with Crippen LogP contribution in [0.1, 0.15) is 30.2 Å². The molecule has 0 aliphatic heterocycles. The average molecular weight is 271 g/mol. The fourth-order valence-corrected chi connectivity index (χ4v) is 1.99. The van der Waals surface area contributed by atoms with E-state index in [2.05, 4.69) is 18.3 Å². The summed E-state index contributed by atoms with van der Waals surface area (Å²) >= 11 is 0. The van der Waals surface area contributed by atoms with Gasteiger partial charge in [0, 0.05) is 6.04 Å². The molecule has 2 aromatic rings. The highest BCUT2D eigenvalue weighted by molar-refractivity contribution is 5.30. The molecule has 0 heterocycles. The maximum absolute atomic E-state index is 10.1. The summed E-state index contributed by atoms with van der Waals surface area (Å²) in [4.78, 5) is 0. The summed E-state index contributed by atoms with van der Waals surface area (Å²) < 4.78 is 5.68. The number of benzene rings is 2. The molecule has 0 saturated carbocycles. The minimum Gasteiger partial charge on any atom is -0.491 e. The van der Waals surface area contributed by atoms with Crippen LogP contribution in [-0.2, 0) is 0 Å². The van der Waals surface area contributed by atoms with Crippen molar-refractivity contribution in [2.75, 3.05) is 13.7 Å². The third-order valence-corrected chi connectivity index (χ3v) is 3.38. The van der Waals surface area contributed by atoms with Crippen molar-refractivity contribution in [2.45, 2.75) is 19.1 Å². The summed E-state index contributed by atoms with van der Waals surface area (Å²) in [5.41, 5.74) is 2.03. The first-order valence-electron chi connectivity index (χ1n) is 6.83. The van der Waals surface area contributed by atoms with E-state index < -0.39 is 6.10 Å². The van der Waals surface area contributed by atoms with Gasteiger partial charge in [-0.05, 0) is 37.2 Å². The second kappa shape index (κ2) is 7.08. The monoisotopic (exact) mass is 271 g/mol. The average Bonchev–Trinajstić information content (AvgIpc) is 2.53. The molecule has 2 unspecified atom stereocenters. The van der Waals surface area contributed by atoms with Gasteiger partial charge in [-0.15, -0.1) is 0 Å². The Bertz CT molecular complexity index is 528. The predicted octanol–water partition coefficient (Wildman–Crippen LogP) is 3.08. The fourth-order valence-electron chi connectivity index (χ4n) is 1.99. The van der Waals surface area contributed by atoms with Crippen molar-refractivity contribution >= 4 is 0 Å². The molecule has 0 aliphatic carbocycles. The molecule has 0 fully saturated rings. The lowest BCUT2D eigenvalue weighted by Crippen LogP contribution is -2.13. The van der Waals surface area contributed by atoms with E-state index in [-0.39, 0.29) is 12.6 Å². The summed E-state index contributed by atoms with van der Waals surface area (Å²) in [5, 5.41) is 13.3. The molecule has 0 aromatic heterocycles. The largest absolute Gasteiger partial charge is 0.491 e. The van der Waals surface area contributed by atoms with Crippen LogP contribution in [0, 0.1) is 0 Å². The Balaban J connectivity index is 1.97. The fraction of sp³-hybridized carbons (Fsp3) is 0.294. The van der Waals surface area contributed by atoms with Gasteiger partial charge in [0.15, 0.2) is 0 Å². The molecular formula is C17H21NO2. The van der Waals surface area contributed by atoms with Crippen molar-refractivity contribution in [1.29, 1.82) is 0 Å². The molecule has 0 bridgehead atoms. The highest BCUT2D eigenvalue weighted by atomic mass is 16.5. The van der Waals surface area contributed by atoms with E-state index in [1.165, 1.54) is 5.56 Å². The zero-order valence-electron chi connectivity index (χ0n) is 11.9. The molecule has 2 rings (SSSR count). The molecule has 2 aromatic carbocycles. The van der Waals surface area contributed by atoms with Crippen LogP contribution in [0.25, 0.3) is 0 Å². The van der Waals surface area contributed by atoms with Gasteiger partial charge in [0.25, 0.3) is 0 Å². The lowest BCUT2D eigenvalue weighted by molar-refractivity contribution is 0.108. The molecule has 2 N–H and O–H groups in total. The summed E-state index contributed by atoms with van der Waals surface area (Å²) in [5.74, 6) is 0.777. The zero-order chi connectivity index (χ0) is 14.4. The SMILES string of the molecule is CNC(C)c1cccc(OCC(O)c2ccccc2)c1. The van der Waals surface area contributed by atoms with Gasteiger partial charge in [-0.2, -0.15) is 0 Å². The van der Waals surface area contributed by atoms with Crippen molar-refractivity contribution in [3.05, 3.63) is 65.7 Å². The molecule has 0 amide bonds. The third-order valence-electron chi connectivity index (χ3n) is 3.38. The maximum Gasteiger partial charge on any atom is 0.119 e. The Labute approximate surface area is 120 Å². The zero-order valence-corrected chi connectivity index (χ0v) is 11.9. The van der Waals surface area contributed by atoms with Gasteiger partial charge >= 0.3 is 0 Å². The van der Waals surface area contributed by atoms with Crippen LogP contribution in [0.3, 0.4) is 0 Å². The van der Waals surface area contributed by atoms with Crippen LogP contribution < -0.4 is 10.1 Å². The molecule has 3 nitrogen and oxygen atoms in total. The lowest BCUT2D eigenvalue weighted by Gasteiger charge is -2.15. The molecule has 3 heteroatoms. The summed E-state index contributed by atoms with van der Waals surface area (Å²) in [6, 6.07) is 17.7. The van der Waals surface area contributed by atoms with Crippen LogP contribution in [0.2, 0.25) is 0 Å². The summed E-state index contributed by atoms with van der Waals surface area (Å²) in [6.07, 6.45) is -0.610. The van der Waals surface area contributed by atoms with E-state index >= 15 is 0 Å². The van der Waals surface area contributed by atoms with Crippen molar-refractivity contribution in [3.63, 3.8) is 0 Å². The van der Waals surface area contributed by atoms with Crippen LogP contribution in [-0.4, -0.2) is 18.8 Å². The molecule has 0 saturated heterocycles. The molecule has 2 atom stereocenters. The molecular weight excluding hydrogens is 250 g/mol. The summed E-state index contributed by atoms with van der Waals surface area (Å²) in [7, 11) is 1.93. The Hall–Kier alpha value is -1.84. The topological polar surface area (TPSA) is 41.5 Å². The number of nitrogens with one attached hydrogen (secondary N) is 1. The number of aliphatic hydroxyl groups excluding tert-OH is 1. The summed E-state index contributed by atoms with van der Waals surface area (Å²) in [6.45, 7) is 2.35. The maximum atomic E-state index is 10.1.